The molecule has 2 aromatic heterocycles. The maximum atomic E-state index is 5.68. The summed E-state index contributed by atoms with van der Waals surface area (Å²) in [6.07, 6.45) is 7.46. The lowest BCUT2D eigenvalue weighted by atomic mass is 10.0. The van der Waals surface area contributed by atoms with Crippen LogP contribution in [0.3, 0.4) is 0 Å². The standard InChI is InChI=1S/C32H40IN7O2/c1-22-30(24-5-7-26-27(36-38(3)29(26)20-24)9-11-39-12-16-41-17-13-39)33-32(40-14-18-42-19-15-40)35-31(22)34-25-6-4-23-8-10-37(2)28(23)21-25/h5,7-8,10,20-21H,4,6,9,11-19H2,1-3H3,(H,34,35). The first-order valence-corrected chi connectivity index (χ1v) is 17.2. The summed E-state index contributed by atoms with van der Waals surface area (Å²) in [6.45, 7) is 10.3. The summed E-state index contributed by atoms with van der Waals surface area (Å²) in [7, 11) is 4.20. The first kappa shape index (κ1) is 28.1. The summed E-state index contributed by atoms with van der Waals surface area (Å²) >= 11 is -0.462. The van der Waals surface area contributed by atoms with Crippen molar-refractivity contribution in [1.82, 2.24) is 29.5 Å². The quantitative estimate of drug-likeness (QED) is 0.399. The largest absolute Gasteiger partial charge is 0.379 e. The van der Waals surface area contributed by atoms with Crippen LogP contribution in [0, 0.1) is 0 Å². The molecule has 0 atom stereocenters. The van der Waals surface area contributed by atoms with Crippen molar-refractivity contribution in [2.75, 3.05) is 59.2 Å². The predicted molar refractivity (Wildman–Crippen MR) is 178 cm³/mol. The molecule has 42 heavy (non-hydrogen) atoms. The first-order valence-electron chi connectivity index (χ1n) is 15.1. The Labute approximate surface area is 257 Å². The molecule has 222 valence electrons. The highest BCUT2D eigenvalue weighted by atomic mass is 127. The number of morpholine rings is 2. The Morgan fingerprint density at radius 1 is 0.976 bits per heavy atom. The van der Waals surface area contributed by atoms with Crippen LogP contribution in [0.4, 0.5) is 0 Å². The smallest absolute Gasteiger partial charge is 0.144 e. The minimum absolute atomic E-state index is 0.462. The van der Waals surface area contributed by atoms with Gasteiger partial charge < -0.3 is 19.4 Å². The minimum atomic E-state index is -0.462. The van der Waals surface area contributed by atoms with Crippen LogP contribution in [0.25, 0.3) is 20.6 Å². The summed E-state index contributed by atoms with van der Waals surface area (Å²) < 4.78 is 18.1. The third-order valence-corrected chi connectivity index (χ3v) is 12.1. The molecule has 10 heteroatoms. The molecule has 2 fully saturated rings. The highest BCUT2D eigenvalue weighted by Gasteiger charge is 2.25. The zero-order chi connectivity index (χ0) is 28.6. The van der Waals surface area contributed by atoms with Gasteiger partial charge in [0.15, 0.2) is 0 Å². The lowest BCUT2D eigenvalue weighted by Gasteiger charge is -2.29. The predicted octanol–water partition coefficient (Wildman–Crippen LogP) is 3.90. The van der Waals surface area contributed by atoms with Crippen molar-refractivity contribution in [1.29, 1.82) is 0 Å². The fraction of sp³-hybridized carbons (Fsp3) is 0.469. The van der Waals surface area contributed by atoms with E-state index < -0.39 is 20.7 Å². The van der Waals surface area contributed by atoms with Gasteiger partial charge in [-0.1, -0.05) is 12.1 Å². The van der Waals surface area contributed by atoms with E-state index in [1.54, 1.807) is 0 Å². The van der Waals surface area contributed by atoms with Crippen LogP contribution in [0.15, 0.2) is 46.7 Å². The normalized spacial score (nSPS) is 20.6. The van der Waals surface area contributed by atoms with E-state index in [1.165, 1.54) is 52.0 Å². The Bertz CT molecular complexity index is 1620. The maximum Gasteiger partial charge on any atom is 0.144 e. The second kappa shape index (κ2) is 12.2. The molecule has 0 unspecified atom stereocenters. The fourth-order valence-corrected chi connectivity index (χ4v) is 9.20. The van der Waals surface area contributed by atoms with Gasteiger partial charge in [-0.15, -0.1) is 0 Å². The van der Waals surface area contributed by atoms with Crippen LogP contribution >= 0.6 is 20.7 Å². The molecule has 2 saturated heterocycles. The average Bonchev–Trinajstić information content (AvgIpc) is 3.56. The summed E-state index contributed by atoms with van der Waals surface area (Å²) in [5.41, 5.74) is 8.87. The van der Waals surface area contributed by atoms with Crippen molar-refractivity contribution in [3.63, 3.8) is 0 Å². The fourth-order valence-electron chi connectivity index (χ4n) is 6.23. The van der Waals surface area contributed by atoms with Crippen LogP contribution in [-0.2, 0) is 36.4 Å². The van der Waals surface area contributed by atoms with Crippen molar-refractivity contribution in [3.8, 4) is 0 Å². The van der Waals surface area contributed by atoms with Gasteiger partial charge in [0.1, 0.15) is 9.59 Å². The molecule has 9 nitrogen and oxygen atoms in total. The number of fused-ring (bicyclic) bond motifs is 2. The number of ether oxygens (including phenoxy) is 2. The van der Waals surface area contributed by atoms with Gasteiger partial charge in [0.25, 0.3) is 0 Å². The van der Waals surface area contributed by atoms with E-state index in [0.717, 1.165) is 84.2 Å². The molecule has 5 heterocycles. The molecule has 0 radical (unpaired) electrons. The molecule has 0 spiro atoms. The van der Waals surface area contributed by atoms with Gasteiger partial charge in [-0.2, -0.15) is 5.10 Å². The van der Waals surface area contributed by atoms with Gasteiger partial charge in [-0.05, 0) is 69.8 Å². The Morgan fingerprint density at radius 3 is 2.57 bits per heavy atom. The maximum absolute atomic E-state index is 5.68. The number of amidine groups is 1. The molecule has 1 aromatic carbocycles. The van der Waals surface area contributed by atoms with Crippen molar-refractivity contribution in [3.05, 3.63) is 64.2 Å². The topological polar surface area (TPSA) is 72.1 Å². The number of aryl methyl sites for hydroxylation is 3. The third kappa shape index (κ3) is 5.67. The molecular formula is C32H40IN7O2. The summed E-state index contributed by atoms with van der Waals surface area (Å²) in [5.74, 6) is 0.984. The minimum Gasteiger partial charge on any atom is -0.379 e. The molecule has 3 aromatic rings. The van der Waals surface area contributed by atoms with Crippen LogP contribution < -0.4 is 5.32 Å². The van der Waals surface area contributed by atoms with Crippen LogP contribution in [0.1, 0.15) is 35.9 Å². The molecule has 3 aliphatic heterocycles. The van der Waals surface area contributed by atoms with E-state index >= 15 is 0 Å². The first-order chi connectivity index (χ1) is 20.5. The number of hydrogen-bond acceptors (Lipinski definition) is 7. The summed E-state index contributed by atoms with van der Waals surface area (Å²) in [6, 6.07) is 9.21. The number of allylic oxidation sites excluding steroid dienone is 1. The van der Waals surface area contributed by atoms with Crippen molar-refractivity contribution < 1.29 is 9.47 Å². The second-order valence-corrected chi connectivity index (χ2v) is 14.1. The number of halogens is 1. The van der Waals surface area contributed by atoms with Crippen molar-refractivity contribution in [2.24, 2.45) is 19.1 Å². The SMILES string of the molecule is CC1=C(c2ccc3c(CCN4CCOCC4)nn(C)c3c2)I=C(N2CCOCC2)N=C1NC1=Cc2c(ccn2C)CC1. The second-order valence-electron chi connectivity index (χ2n) is 11.5. The van der Waals surface area contributed by atoms with Gasteiger partial charge >= 0.3 is 0 Å². The number of aromatic nitrogens is 3. The van der Waals surface area contributed by atoms with Crippen molar-refractivity contribution in [2.45, 2.75) is 26.2 Å². The molecule has 0 saturated carbocycles. The Kier molecular flexibility index (Phi) is 8.15. The Hall–Kier alpha value is -2.64. The van der Waals surface area contributed by atoms with Crippen molar-refractivity contribution >= 4 is 50.9 Å². The lowest BCUT2D eigenvalue weighted by molar-refractivity contribution is 0.0383. The van der Waals surface area contributed by atoms with Gasteiger partial charge in [0, 0.05) is 85.4 Å². The number of rotatable bonds is 6. The van der Waals surface area contributed by atoms with Gasteiger partial charge in [-0.25, -0.2) is 9.89 Å². The van der Waals surface area contributed by atoms with Crippen LogP contribution in [0.2, 0.25) is 0 Å². The molecule has 1 aliphatic carbocycles. The number of benzene rings is 1. The highest BCUT2D eigenvalue weighted by molar-refractivity contribution is 14.2. The molecule has 1 N–H and O–H groups in total. The van der Waals surface area contributed by atoms with Crippen LogP contribution in [0.5, 0.6) is 0 Å². The van der Waals surface area contributed by atoms with E-state index in [9.17, 15) is 0 Å². The number of aliphatic imine (C=N–C) groups is 1. The summed E-state index contributed by atoms with van der Waals surface area (Å²) in [5, 5.41) is 10.0. The zero-order valence-corrected chi connectivity index (χ0v) is 27.0. The molecular weight excluding hydrogens is 641 g/mol. The van der Waals surface area contributed by atoms with E-state index in [-0.39, 0.29) is 0 Å². The van der Waals surface area contributed by atoms with Gasteiger partial charge in [-0.3, -0.25) is 9.58 Å². The van der Waals surface area contributed by atoms with Gasteiger partial charge in [0.2, 0.25) is 0 Å². The van der Waals surface area contributed by atoms with Crippen LogP contribution in [-0.4, -0.2) is 92.9 Å². The number of nitrogens with one attached hydrogen (secondary N) is 1. The zero-order valence-electron chi connectivity index (χ0n) is 24.8. The molecule has 7 rings (SSSR count). The van der Waals surface area contributed by atoms with E-state index in [1.807, 2.05) is 0 Å². The average molecular weight is 682 g/mol. The van der Waals surface area contributed by atoms with E-state index in [0.29, 0.717) is 0 Å². The number of nitrogens with zero attached hydrogens (tertiary/aromatic N) is 6. The Balaban J connectivity index is 1.21. The van der Waals surface area contributed by atoms with E-state index in [2.05, 4.69) is 81.9 Å². The molecule has 0 bridgehead atoms. The number of hydrogen-bond donors (Lipinski definition) is 1. The monoisotopic (exact) mass is 681 g/mol. The van der Waals surface area contributed by atoms with E-state index in [4.69, 9.17) is 19.6 Å². The lowest BCUT2D eigenvalue weighted by Crippen LogP contribution is -2.41. The molecule has 0 amide bonds. The summed E-state index contributed by atoms with van der Waals surface area (Å²) in [4.78, 5) is 10.2. The third-order valence-electron chi connectivity index (χ3n) is 8.75. The molecule has 4 aliphatic rings. The van der Waals surface area contributed by atoms with Gasteiger partial charge in [0.05, 0.1) is 37.6 Å². The highest BCUT2D eigenvalue weighted by Crippen LogP contribution is 2.38. The Morgan fingerprint density at radius 2 is 1.76 bits per heavy atom.